The molecule has 0 atom stereocenters. The van der Waals surface area contributed by atoms with Gasteiger partial charge in [0.25, 0.3) is 5.91 Å². The van der Waals surface area contributed by atoms with E-state index in [9.17, 15) is 13.2 Å². The number of carbonyl (C=O) groups excluding carboxylic acids is 1. The largest absolute Gasteiger partial charge is 0.467 e. The van der Waals surface area contributed by atoms with Crippen LogP contribution in [-0.4, -0.2) is 33.7 Å². The Morgan fingerprint density at radius 3 is 2.76 bits per heavy atom. The first-order chi connectivity index (χ1) is 11.8. The van der Waals surface area contributed by atoms with Gasteiger partial charge in [-0.1, -0.05) is 11.6 Å². The average molecular weight is 366 g/mol. The van der Waals surface area contributed by atoms with Gasteiger partial charge in [-0.2, -0.15) is 0 Å². The van der Waals surface area contributed by atoms with Crippen molar-refractivity contribution in [2.75, 3.05) is 24.1 Å². The molecule has 0 radical (unpaired) electrons. The molecular weight excluding hydrogens is 344 g/mol. The Labute approximate surface area is 147 Å². The summed E-state index contributed by atoms with van der Waals surface area (Å²) in [7, 11) is -3.46. The van der Waals surface area contributed by atoms with Crippen LogP contribution in [0.1, 0.15) is 28.1 Å². The third-order valence-electron chi connectivity index (χ3n) is 3.29. The molecule has 0 saturated carbocycles. The van der Waals surface area contributed by atoms with Gasteiger partial charge in [0, 0.05) is 13.2 Å². The molecule has 0 fully saturated rings. The van der Waals surface area contributed by atoms with Crippen molar-refractivity contribution in [2.45, 2.75) is 20.0 Å². The van der Waals surface area contributed by atoms with Gasteiger partial charge in [0.1, 0.15) is 12.4 Å². The maximum Gasteiger partial charge on any atom is 0.253 e. The fraction of sp³-hybridized carbons (Fsp3) is 0.353. The fourth-order valence-corrected chi connectivity index (χ4v) is 2.75. The van der Waals surface area contributed by atoms with Crippen LogP contribution in [-0.2, 0) is 21.4 Å². The molecule has 2 N–H and O–H groups in total. The molecule has 25 heavy (non-hydrogen) atoms. The van der Waals surface area contributed by atoms with E-state index in [2.05, 4.69) is 10.0 Å². The molecule has 8 heteroatoms. The number of furan rings is 1. The SMILES string of the molecule is Cc1ccc(NS(C)(=O)=O)c(C(=O)NCCCOCc2ccco2)c1. The number of hydrogen-bond donors (Lipinski definition) is 2. The second kappa shape index (κ2) is 8.68. The number of anilines is 1. The molecule has 1 heterocycles. The summed E-state index contributed by atoms with van der Waals surface area (Å²) in [5, 5.41) is 2.77. The lowest BCUT2D eigenvalue weighted by Crippen LogP contribution is -2.26. The maximum atomic E-state index is 12.3. The summed E-state index contributed by atoms with van der Waals surface area (Å²) in [4.78, 5) is 12.3. The fourth-order valence-electron chi connectivity index (χ4n) is 2.17. The van der Waals surface area contributed by atoms with Gasteiger partial charge in [0.15, 0.2) is 0 Å². The summed E-state index contributed by atoms with van der Waals surface area (Å²) in [6.07, 6.45) is 3.26. The first-order valence-electron chi connectivity index (χ1n) is 7.82. The van der Waals surface area contributed by atoms with Crippen LogP contribution >= 0.6 is 0 Å². The molecule has 2 rings (SSSR count). The van der Waals surface area contributed by atoms with Gasteiger partial charge in [0.05, 0.1) is 23.8 Å². The van der Waals surface area contributed by atoms with Crippen molar-refractivity contribution < 1.29 is 22.4 Å². The van der Waals surface area contributed by atoms with Crippen LogP contribution < -0.4 is 10.0 Å². The summed E-state index contributed by atoms with van der Waals surface area (Å²) in [5.41, 5.74) is 1.42. The topological polar surface area (TPSA) is 97.6 Å². The highest BCUT2D eigenvalue weighted by atomic mass is 32.2. The molecule has 1 amide bonds. The zero-order valence-corrected chi connectivity index (χ0v) is 15.1. The van der Waals surface area contributed by atoms with Crippen molar-refractivity contribution in [1.29, 1.82) is 0 Å². The van der Waals surface area contributed by atoms with Crippen molar-refractivity contribution in [3.8, 4) is 0 Å². The second-order valence-electron chi connectivity index (χ2n) is 5.66. The highest BCUT2D eigenvalue weighted by Crippen LogP contribution is 2.18. The maximum absolute atomic E-state index is 12.3. The number of nitrogens with one attached hydrogen (secondary N) is 2. The van der Waals surface area contributed by atoms with E-state index in [0.29, 0.717) is 31.7 Å². The van der Waals surface area contributed by atoms with Gasteiger partial charge in [-0.3, -0.25) is 9.52 Å². The number of ether oxygens (including phenoxy) is 1. The van der Waals surface area contributed by atoms with Crippen molar-refractivity contribution >= 4 is 21.6 Å². The molecule has 1 aromatic heterocycles. The van der Waals surface area contributed by atoms with Gasteiger partial charge < -0.3 is 14.5 Å². The molecule has 0 saturated heterocycles. The normalized spacial score (nSPS) is 11.3. The Hall–Kier alpha value is -2.32. The van der Waals surface area contributed by atoms with Crippen LogP contribution in [0.3, 0.4) is 0 Å². The summed E-state index contributed by atoms with van der Waals surface area (Å²) in [6.45, 7) is 3.12. The molecule has 7 nitrogen and oxygen atoms in total. The Bertz CT molecular complexity index is 800. The quantitative estimate of drug-likeness (QED) is 0.664. The molecule has 0 aliphatic carbocycles. The summed E-state index contributed by atoms with van der Waals surface area (Å²) in [6, 6.07) is 8.60. The predicted octanol–water partition coefficient (Wildman–Crippen LogP) is 2.30. The highest BCUT2D eigenvalue weighted by molar-refractivity contribution is 7.92. The number of aryl methyl sites for hydroxylation is 1. The third kappa shape index (κ3) is 6.60. The number of carbonyl (C=O) groups is 1. The van der Waals surface area contributed by atoms with Gasteiger partial charge in [-0.05, 0) is 37.6 Å². The Morgan fingerprint density at radius 2 is 2.08 bits per heavy atom. The Kier molecular flexibility index (Phi) is 6.60. The van der Waals surface area contributed by atoms with Crippen LogP contribution in [0.15, 0.2) is 41.0 Å². The molecule has 136 valence electrons. The van der Waals surface area contributed by atoms with Gasteiger partial charge >= 0.3 is 0 Å². The van der Waals surface area contributed by atoms with Crippen LogP contribution in [0, 0.1) is 6.92 Å². The molecule has 1 aromatic carbocycles. The van der Waals surface area contributed by atoms with E-state index in [1.165, 1.54) is 0 Å². The van der Waals surface area contributed by atoms with E-state index in [0.717, 1.165) is 17.6 Å². The lowest BCUT2D eigenvalue weighted by molar-refractivity contribution is 0.0917. The second-order valence-corrected chi connectivity index (χ2v) is 7.41. The molecular formula is C17H22N2O5S. The first kappa shape index (κ1) is 19.0. The van der Waals surface area contributed by atoms with Crippen molar-refractivity contribution in [3.63, 3.8) is 0 Å². The van der Waals surface area contributed by atoms with Crippen LogP contribution in [0.2, 0.25) is 0 Å². The molecule has 0 aliphatic heterocycles. The van der Waals surface area contributed by atoms with Crippen LogP contribution in [0.4, 0.5) is 5.69 Å². The minimum Gasteiger partial charge on any atom is -0.467 e. The van der Waals surface area contributed by atoms with E-state index in [1.807, 2.05) is 13.0 Å². The number of hydrogen-bond acceptors (Lipinski definition) is 5. The van der Waals surface area contributed by atoms with E-state index >= 15 is 0 Å². The number of rotatable bonds is 9. The van der Waals surface area contributed by atoms with Crippen LogP contribution in [0.25, 0.3) is 0 Å². The summed E-state index contributed by atoms with van der Waals surface area (Å²) >= 11 is 0. The van der Waals surface area contributed by atoms with Gasteiger partial charge in [-0.25, -0.2) is 8.42 Å². The van der Waals surface area contributed by atoms with Crippen molar-refractivity contribution in [3.05, 3.63) is 53.5 Å². The minimum atomic E-state index is -3.46. The summed E-state index contributed by atoms with van der Waals surface area (Å²) in [5.74, 6) is 0.418. The zero-order chi connectivity index (χ0) is 18.3. The Balaban J connectivity index is 1.82. The number of amides is 1. The average Bonchev–Trinajstić information content (AvgIpc) is 3.04. The summed E-state index contributed by atoms with van der Waals surface area (Å²) < 4.78 is 35.8. The van der Waals surface area contributed by atoms with Gasteiger partial charge in [-0.15, -0.1) is 0 Å². The standard InChI is InChI=1S/C17H22N2O5S/c1-13-6-7-16(19-25(2,21)22)15(11-13)17(20)18-8-4-9-23-12-14-5-3-10-24-14/h3,5-7,10-11,19H,4,8-9,12H2,1-2H3,(H,18,20). The van der Waals surface area contributed by atoms with E-state index < -0.39 is 10.0 Å². The molecule has 0 aliphatic rings. The molecule has 0 spiro atoms. The molecule has 0 unspecified atom stereocenters. The zero-order valence-electron chi connectivity index (χ0n) is 14.2. The van der Waals surface area contributed by atoms with Gasteiger partial charge in [0.2, 0.25) is 10.0 Å². The van der Waals surface area contributed by atoms with Crippen molar-refractivity contribution in [1.82, 2.24) is 5.32 Å². The van der Waals surface area contributed by atoms with E-state index in [-0.39, 0.29) is 11.6 Å². The van der Waals surface area contributed by atoms with E-state index in [1.54, 1.807) is 30.5 Å². The Morgan fingerprint density at radius 1 is 1.28 bits per heavy atom. The monoisotopic (exact) mass is 366 g/mol. The first-order valence-corrected chi connectivity index (χ1v) is 9.71. The number of benzene rings is 1. The van der Waals surface area contributed by atoms with Crippen molar-refractivity contribution in [2.24, 2.45) is 0 Å². The minimum absolute atomic E-state index is 0.264. The number of sulfonamides is 1. The smallest absolute Gasteiger partial charge is 0.253 e. The highest BCUT2D eigenvalue weighted by Gasteiger charge is 2.14. The van der Waals surface area contributed by atoms with E-state index in [4.69, 9.17) is 9.15 Å². The lowest BCUT2D eigenvalue weighted by Gasteiger charge is -2.12. The molecule has 0 bridgehead atoms. The predicted molar refractivity (Wildman–Crippen MR) is 95.0 cm³/mol. The lowest BCUT2D eigenvalue weighted by atomic mass is 10.1. The van der Waals surface area contributed by atoms with Crippen LogP contribution in [0.5, 0.6) is 0 Å². The third-order valence-corrected chi connectivity index (χ3v) is 3.88. The molecule has 2 aromatic rings.